The van der Waals surface area contributed by atoms with Crippen molar-refractivity contribution >= 4 is 22.7 Å². The largest absolute Gasteiger partial charge is 0.507 e. The fourth-order valence-corrected chi connectivity index (χ4v) is 5.53. The van der Waals surface area contributed by atoms with Gasteiger partial charge in [0.05, 0.1) is 5.69 Å². The summed E-state index contributed by atoms with van der Waals surface area (Å²) < 4.78 is 0. The Morgan fingerprint density at radius 3 is 1.74 bits per heavy atom. The Morgan fingerprint density at radius 1 is 0.643 bits per heavy atom. The van der Waals surface area contributed by atoms with Gasteiger partial charge in [-0.15, -0.1) is 0 Å². The van der Waals surface area contributed by atoms with Crippen LogP contribution in [0.25, 0.3) is 21.9 Å². The summed E-state index contributed by atoms with van der Waals surface area (Å²) in [5.74, 6) is 1.39. The number of nitrogens with zero attached hydrogens (tertiary/aromatic N) is 1. The van der Waals surface area contributed by atoms with Crippen LogP contribution in [0.1, 0.15) is 134 Å². The highest BCUT2D eigenvalue weighted by atomic mass is 16.3. The third-order valence-electron chi connectivity index (χ3n) is 8.46. The summed E-state index contributed by atoms with van der Waals surface area (Å²) in [6.45, 7) is 27.0. The number of phenolic OH excluding ortho intramolecular Hbond substituents is 1. The lowest BCUT2D eigenvalue weighted by molar-refractivity contribution is 0.474. The Morgan fingerprint density at radius 2 is 1.21 bits per heavy atom. The topological polar surface area (TPSA) is 32.6 Å². The summed E-state index contributed by atoms with van der Waals surface area (Å²) in [4.78, 5) is 5.09. The maximum absolute atomic E-state index is 11.0. The van der Waals surface area contributed by atoms with Crippen molar-refractivity contribution in [3.05, 3.63) is 94.0 Å². The minimum atomic E-state index is 0.00449. The minimum absolute atomic E-state index is 0.00449. The standard InChI is InChI=1S/C40H51NO/c1-24(2)28-20-34(25(3)4)38(35(21-28)26(5)6)41-23-30-17-27(13-16-37(30)42)36-22-32(40(10,11)12)19-29-18-31(39(7,8)9)14-15-33(29)36/h13-26,42H,1-12H3/b41-23+. The first-order valence-corrected chi connectivity index (χ1v) is 15.6. The van der Waals surface area contributed by atoms with Crippen LogP contribution in [0, 0.1) is 0 Å². The molecule has 1 N–H and O–H groups in total. The second-order valence-electron chi connectivity index (χ2n) is 15.0. The molecule has 0 saturated carbocycles. The molecule has 0 unspecified atom stereocenters. The van der Waals surface area contributed by atoms with Crippen LogP contribution in [-0.2, 0) is 10.8 Å². The second kappa shape index (κ2) is 11.7. The average Bonchev–Trinajstić information content (AvgIpc) is 2.90. The zero-order valence-electron chi connectivity index (χ0n) is 28.0. The average molecular weight is 562 g/mol. The van der Waals surface area contributed by atoms with Crippen molar-refractivity contribution in [1.82, 2.24) is 0 Å². The van der Waals surface area contributed by atoms with Crippen molar-refractivity contribution < 1.29 is 5.11 Å². The van der Waals surface area contributed by atoms with Crippen LogP contribution >= 0.6 is 0 Å². The van der Waals surface area contributed by atoms with Gasteiger partial charge in [0.2, 0.25) is 0 Å². The molecule has 0 radical (unpaired) electrons. The number of rotatable bonds is 6. The molecule has 4 aromatic carbocycles. The minimum Gasteiger partial charge on any atom is -0.507 e. The van der Waals surface area contributed by atoms with Gasteiger partial charge in [0.25, 0.3) is 0 Å². The molecular formula is C40H51NO. The molecule has 0 atom stereocenters. The van der Waals surface area contributed by atoms with Crippen LogP contribution < -0.4 is 0 Å². The van der Waals surface area contributed by atoms with E-state index in [0.717, 1.165) is 16.8 Å². The lowest BCUT2D eigenvalue weighted by atomic mass is 9.81. The number of aromatic hydroxyl groups is 1. The Balaban J connectivity index is 1.90. The normalized spacial score (nSPS) is 12.9. The molecule has 0 bridgehead atoms. The quantitative estimate of drug-likeness (QED) is 0.233. The van der Waals surface area contributed by atoms with Crippen molar-refractivity contribution in [1.29, 1.82) is 0 Å². The first-order valence-electron chi connectivity index (χ1n) is 15.6. The molecule has 0 saturated heterocycles. The molecule has 0 amide bonds. The summed E-state index contributed by atoms with van der Waals surface area (Å²) in [6.07, 6.45) is 1.86. The van der Waals surface area contributed by atoms with Gasteiger partial charge in [0.15, 0.2) is 0 Å². The molecule has 222 valence electrons. The molecule has 42 heavy (non-hydrogen) atoms. The van der Waals surface area contributed by atoms with E-state index in [1.54, 1.807) is 0 Å². The Hall–Kier alpha value is -3.39. The molecule has 0 aromatic heterocycles. The highest BCUT2D eigenvalue weighted by molar-refractivity contribution is 5.99. The molecule has 4 rings (SSSR count). The lowest BCUT2D eigenvalue weighted by Crippen LogP contribution is -2.12. The van der Waals surface area contributed by atoms with E-state index in [2.05, 4.69) is 132 Å². The smallest absolute Gasteiger partial charge is 0.124 e. The van der Waals surface area contributed by atoms with E-state index >= 15 is 0 Å². The zero-order chi connectivity index (χ0) is 31.1. The summed E-state index contributed by atoms with van der Waals surface area (Å²) in [5, 5.41) is 13.4. The van der Waals surface area contributed by atoms with Crippen LogP contribution in [0.4, 0.5) is 5.69 Å². The maximum Gasteiger partial charge on any atom is 0.124 e. The highest BCUT2D eigenvalue weighted by Gasteiger charge is 2.20. The molecule has 2 nitrogen and oxygen atoms in total. The molecule has 0 fully saturated rings. The predicted octanol–water partition coefficient (Wildman–Crippen LogP) is 11.9. The lowest BCUT2D eigenvalue weighted by Gasteiger charge is -2.24. The molecule has 4 aromatic rings. The van der Waals surface area contributed by atoms with Crippen molar-refractivity contribution in [2.75, 3.05) is 0 Å². The predicted molar refractivity (Wildman–Crippen MR) is 184 cm³/mol. The van der Waals surface area contributed by atoms with E-state index in [1.807, 2.05) is 18.3 Å². The van der Waals surface area contributed by atoms with Crippen LogP contribution in [0.5, 0.6) is 5.75 Å². The summed E-state index contributed by atoms with van der Waals surface area (Å²) in [5.41, 5.74) is 10.6. The third kappa shape index (κ3) is 6.64. The number of phenols is 1. The fraction of sp³-hybridized carbons (Fsp3) is 0.425. The van der Waals surface area contributed by atoms with Crippen molar-refractivity contribution in [3.8, 4) is 16.9 Å². The number of benzene rings is 4. The van der Waals surface area contributed by atoms with Crippen molar-refractivity contribution in [3.63, 3.8) is 0 Å². The Labute approximate surface area is 254 Å². The van der Waals surface area contributed by atoms with Gasteiger partial charge in [-0.25, -0.2) is 0 Å². The molecule has 0 spiro atoms. The highest BCUT2D eigenvalue weighted by Crippen LogP contribution is 2.40. The first kappa shape index (κ1) is 31.5. The Bertz CT molecular complexity index is 1590. The molecular weight excluding hydrogens is 510 g/mol. The molecule has 0 aliphatic rings. The van der Waals surface area contributed by atoms with Gasteiger partial charge in [0.1, 0.15) is 5.75 Å². The molecule has 0 aliphatic heterocycles. The monoisotopic (exact) mass is 561 g/mol. The maximum atomic E-state index is 11.0. The van der Waals surface area contributed by atoms with E-state index in [1.165, 1.54) is 44.2 Å². The second-order valence-corrected chi connectivity index (χ2v) is 15.0. The molecule has 2 heteroatoms. The van der Waals surface area contributed by atoms with Crippen LogP contribution in [0.15, 0.2) is 65.7 Å². The zero-order valence-corrected chi connectivity index (χ0v) is 28.0. The summed E-state index contributed by atoms with van der Waals surface area (Å²) in [7, 11) is 0. The van der Waals surface area contributed by atoms with Gasteiger partial charge in [0, 0.05) is 11.8 Å². The SMILES string of the molecule is CC(C)c1cc(C(C)C)c(/N=C/c2cc(-c3cc(C(C)(C)C)cc4cc(C(C)(C)C)ccc34)ccc2O)c(C(C)C)c1. The van der Waals surface area contributed by atoms with Crippen molar-refractivity contribution in [2.24, 2.45) is 4.99 Å². The van der Waals surface area contributed by atoms with Gasteiger partial charge < -0.3 is 5.11 Å². The number of fused-ring (bicyclic) bond motifs is 1. The van der Waals surface area contributed by atoms with E-state index in [9.17, 15) is 5.11 Å². The van der Waals surface area contributed by atoms with Gasteiger partial charge in [-0.2, -0.15) is 0 Å². The van der Waals surface area contributed by atoms with Gasteiger partial charge in [-0.1, -0.05) is 126 Å². The van der Waals surface area contributed by atoms with E-state index < -0.39 is 0 Å². The summed E-state index contributed by atoms with van der Waals surface area (Å²) >= 11 is 0. The fourth-order valence-electron chi connectivity index (χ4n) is 5.53. The first-order chi connectivity index (χ1) is 19.5. The number of hydrogen-bond donors (Lipinski definition) is 1. The van der Waals surface area contributed by atoms with Gasteiger partial charge >= 0.3 is 0 Å². The Kier molecular flexibility index (Phi) is 8.79. The third-order valence-corrected chi connectivity index (χ3v) is 8.46. The van der Waals surface area contributed by atoms with Crippen LogP contribution in [0.3, 0.4) is 0 Å². The van der Waals surface area contributed by atoms with E-state index in [0.29, 0.717) is 17.8 Å². The van der Waals surface area contributed by atoms with E-state index in [-0.39, 0.29) is 16.6 Å². The molecule has 0 heterocycles. The van der Waals surface area contributed by atoms with Gasteiger partial charge in [-0.05, 0) is 96.5 Å². The van der Waals surface area contributed by atoms with Crippen LogP contribution in [0.2, 0.25) is 0 Å². The summed E-state index contributed by atoms with van der Waals surface area (Å²) in [6, 6.07) is 22.1. The number of aliphatic imine (C=N–C) groups is 1. The van der Waals surface area contributed by atoms with Gasteiger partial charge in [-0.3, -0.25) is 4.99 Å². The van der Waals surface area contributed by atoms with Crippen molar-refractivity contribution in [2.45, 2.75) is 112 Å². The number of hydrogen-bond acceptors (Lipinski definition) is 2. The van der Waals surface area contributed by atoms with Crippen LogP contribution in [-0.4, -0.2) is 11.3 Å². The molecule has 0 aliphatic carbocycles. The van der Waals surface area contributed by atoms with E-state index in [4.69, 9.17) is 4.99 Å².